The maximum Gasteiger partial charge on any atom is 0.178 e. The quantitative estimate of drug-likeness (QED) is 0.0961. The molecule has 4 heterocycles. The van der Waals surface area contributed by atoms with E-state index < -0.39 is 49.3 Å². The molecule has 0 bridgehead atoms. The van der Waals surface area contributed by atoms with Gasteiger partial charge in [0, 0.05) is 92.7 Å². The Hall–Kier alpha value is -7.30. The molecule has 0 spiro atoms. The van der Waals surface area contributed by atoms with Crippen molar-refractivity contribution in [1.82, 2.24) is 19.9 Å². The third kappa shape index (κ3) is 11.7. The van der Waals surface area contributed by atoms with E-state index in [1.807, 2.05) is 118 Å². The van der Waals surface area contributed by atoms with Gasteiger partial charge in [0.1, 0.15) is 39.2 Å². The molecule has 18 atom stereocenters. The van der Waals surface area contributed by atoms with E-state index in [4.69, 9.17) is 0 Å². The fourth-order valence-electron chi connectivity index (χ4n) is 23.4. The van der Waals surface area contributed by atoms with Crippen LogP contribution in [0.3, 0.4) is 0 Å². The summed E-state index contributed by atoms with van der Waals surface area (Å²) in [5.41, 5.74) is -3.52. The van der Waals surface area contributed by atoms with Crippen LogP contribution in [0.15, 0.2) is 177 Å². The maximum absolute atomic E-state index is 13.8. The zero-order chi connectivity index (χ0) is 75.2. The van der Waals surface area contributed by atoms with Gasteiger partial charge in [-0.2, -0.15) is 0 Å². The maximum atomic E-state index is 13.8. The van der Waals surface area contributed by atoms with Crippen molar-refractivity contribution >= 4 is 131 Å². The number of carbonyl (C=O) groups excluding carboxylic acids is 9. The van der Waals surface area contributed by atoms with Gasteiger partial charge < -0.3 is 15.3 Å². The summed E-state index contributed by atoms with van der Waals surface area (Å²) in [6, 6.07) is 25.5. The Labute approximate surface area is 639 Å². The van der Waals surface area contributed by atoms with E-state index in [0.717, 1.165) is 115 Å². The molecular weight excluding hydrogens is 1420 g/mol. The van der Waals surface area contributed by atoms with E-state index in [-0.39, 0.29) is 142 Å². The van der Waals surface area contributed by atoms with Crippen molar-refractivity contribution < 1.29 is 58.5 Å². The molecule has 107 heavy (non-hydrogen) atoms. The Morgan fingerprint density at radius 1 is 0.467 bits per heavy atom. The summed E-state index contributed by atoms with van der Waals surface area (Å²) in [6.45, 7) is 12.1. The van der Waals surface area contributed by atoms with Crippen LogP contribution < -0.4 is 0 Å². The standard InChI is InChI=1S/2C30H31NO4S.C27H28N2O4S2/c1-28-13-11-20(32)15-19(28)8-9-21-22-12-14-30(35,29(22,2)16-24(33)27(21)28)25(34)17-36-26-10-7-18-5-3-4-6-23(18)31-26;1-28-12-9-20(32)15-19(28)7-8-22-23-10-13-30(35,29(23,2)16-24(33)26(22)28)25(34)17-36-27-21-6-4-3-5-18(21)11-14-31-27;1-25-9-7-16(30)12-15(25)5-6-17-18-8-10-27(33,26(18,2)13-19(31)22(17)25)21(32)14-34-24-29-23-20(35-24)4-3-11-28-23/h3-7,10-11,13,15,21-22,27,35H,8-9,12,14,16-17H2,1-2H3;3-6,9,11-12,14-15,22-23,26,35H,7-8,10,13,16-17H2,1-2H3;3-4,7,9,11-12,17-18,22,33H,5-6,8,10,13-14H2,1-2H3/t21?,22?,27?,28?,29?,30-;22?,23?,26?,28?,29?,30-;17?,18?,22?,25?,26?,27-/m000/s1. The van der Waals surface area contributed by atoms with Crippen LogP contribution in [-0.2, 0) is 43.2 Å². The van der Waals surface area contributed by atoms with Gasteiger partial charge in [0.25, 0.3) is 0 Å². The number of nitrogens with zero attached hydrogens (tertiary/aromatic N) is 4. The summed E-state index contributed by atoms with van der Waals surface area (Å²) in [5.74, 6) is 0.0657. The molecule has 554 valence electrons. The highest BCUT2D eigenvalue weighted by atomic mass is 32.2. The molecule has 2 aromatic carbocycles. The molecule has 12 aliphatic rings. The van der Waals surface area contributed by atoms with Gasteiger partial charge in [-0.1, -0.05) is 160 Å². The second-order valence-corrected chi connectivity index (χ2v) is 38.1. The molecule has 9 fully saturated rings. The van der Waals surface area contributed by atoms with Crippen LogP contribution in [-0.4, -0.2) is 121 Å². The van der Waals surface area contributed by atoms with Crippen LogP contribution in [0.2, 0.25) is 0 Å². The highest BCUT2D eigenvalue weighted by Gasteiger charge is 2.72. The molecule has 4 aromatic heterocycles. The zero-order valence-electron chi connectivity index (χ0n) is 61.2. The van der Waals surface area contributed by atoms with E-state index in [9.17, 15) is 58.5 Å². The number of pyridine rings is 3. The minimum atomic E-state index is -1.52. The van der Waals surface area contributed by atoms with Gasteiger partial charge >= 0.3 is 0 Å². The number of para-hydroxylation sites is 1. The Bertz CT molecular complexity index is 4990. The van der Waals surface area contributed by atoms with Crippen molar-refractivity contribution in [3.63, 3.8) is 0 Å². The van der Waals surface area contributed by atoms with E-state index in [1.54, 1.807) is 48.8 Å². The molecule has 0 saturated heterocycles. The van der Waals surface area contributed by atoms with Gasteiger partial charge in [0.15, 0.2) is 44.7 Å². The number of aliphatic hydroxyl groups is 3. The molecule has 15 unspecified atom stereocenters. The summed E-state index contributed by atoms with van der Waals surface area (Å²) in [6.07, 6.45) is 27.9. The van der Waals surface area contributed by atoms with Gasteiger partial charge in [-0.25, -0.2) is 19.9 Å². The fourth-order valence-corrected chi connectivity index (χ4v) is 27.2. The Morgan fingerprint density at radius 3 is 1.38 bits per heavy atom. The predicted molar refractivity (Wildman–Crippen MR) is 414 cm³/mol. The average molecular weight is 1510 g/mol. The van der Waals surface area contributed by atoms with E-state index in [0.29, 0.717) is 24.9 Å². The number of thiazole rings is 1. The van der Waals surface area contributed by atoms with E-state index >= 15 is 0 Å². The number of allylic oxidation sites excluding steroid dienone is 12. The van der Waals surface area contributed by atoms with Crippen molar-refractivity contribution in [2.45, 2.75) is 169 Å². The number of aromatic nitrogens is 4. The summed E-state index contributed by atoms with van der Waals surface area (Å²) >= 11 is 5.55. The minimum Gasteiger partial charge on any atom is -0.381 e. The summed E-state index contributed by atoms with van der Waals surface area (Å²) in [7, 11) is 0. The average Bonchev–Trinajstić information content (AvgIpc) is 1.62. The number of rotatable bonds is 12. The lowest BCUT2D eigenvalue weighted by molar-refractivity contribution is -0.166. The molecule has 0 aliphatic heterocycles. The summed E-state index contributed by atoms with van der Waals surface area (Å²) < 4.78 is 1.73. The van der Waals surface area contributed by atoms with Crippen molar-refractivity contribution in [1.29, 1.82) is 0 Å². The normalized spacial score (nSPS) is 37.6. The van der Waals surface area contributed by atoms with Crippen LogP contribution in [0.25, 0.3) is 32.0 Å². The first-order valence-corrected chi connectivity index (χ1v) is 41.7. The van der Waals surface area contributed by atoms with Crippen LogP contribution in [0.5, 0.6) is 0 Å². The third-order valence-electron chi connectivity index (χ3n) is 29.0. The Balaban J connectivity index is 0.000000123. The van der Waals surface area contributed by atoms with Gasteiger partial charge in [-0.3, -0.25) is 43.2 Å². The number of fused-ring (bicyclic) bond motifs is 18. The second kappa shape index (κ2) is 27.0. The largest absolute Gasteiger partial charge is 0.381 e. The highest BCUT2D eigenvalue weighted by molar-refractivity contribution is 8.01. The van der Waals surface area contributed by atoms with Gasteiger partial charge in [0.05, 0.1) is 32.5 Å². The molecule has 6 aromatic rings. The monoisotopic (exact) mass is 1510 g/mol. The molecule has 20 heteroatoms. The zero-order valence-corrected chi connectivity index (χ0v) is 64.5. The van der Waals surface area contributed by atoms with E-state index in [1.165, 1.54) is 46.6 Å². The first-order valence-electron chi connectivity index (χ1n) is 38.0. The molecule has 12 aliphatic carbocycles. The number of carbonyl (C=O) groups is 9. The van der Waals surface area contributed by atoms with Gasteiger partial charge in [0.2, 0.25) is 0 Å². The summed E-state index contributed by atoms with van der Waals surface area (Å²) in [4.78, 5) is 136. The van der Waals surface area contributed by atoms with Crippen molar-refractivity contribution in [3.05, 3.63) is 163 Å². The highest BCUT2D eigenvalue weighted by Crippen LogP contribution is 2.70. The van der Waals surface area contributed by atoms with Crippen LogP contribution in [0, 0.1) is 85.8 Å². The number of benzene rings is 2. The molecule has 9 saturated carbocycles. The molecule has 16 nitrogen and oxygen atoms in total. The number of hydrogen-bond donors (Lipinski definition) is 3. The molecule has 3 N–H and O–H groups in total. The molecule has 0 amide bonds. The lowest BCUT2D eigenvalue weighted by atomic mass is 9.46. The molecule has 18 rings (SSSR count). The van der Waals surface area contributed by atoms with Gasteiger partial charge in [-0.15, -0.1) is 11.3 Å². The van der Waals surface area contributed by atoms with Gasteiger partial charge in [-0.05, 0) is 185 Å². The first-order chi connectivity index (χ1) is 51.0. The predicted octanol–water partition coefficient (Wildman–Crippen LogP) is 14.8. The smallest absolute Gasteiger partial charge is 0.178 e. The number of hydrogen-bond acceptors (Lipinski definition) is 20. The second-order valence-electron chi connectivity index (χ2n) is 33.9. The van der Waals surface area contributed by atoms with Crippen molar-refractivity contribution in [3.8, 4) is 0 Å². The molecular formula is C87H90N4O12S4. The van der Waals surface area contributed by atoms with E-state index in [2.05, 4.69) is 40.7 Å². The number of Topliss-reactive ketones (excluding diaryl/α,β-unsaturated/α-hetero) is 6. The summed E-state index contributed by atoms with van der Waals surface area (Å²) in [5, 5.41) is 40.3. The number of ketones is 9. The van der Waals surface area contributed by atoms with Crippen LogP contribution in [0.1, 0.15) is 138 Å². The third-order valence-corrected chi connectivity index (χ3v) is 33.1. The SMILES string of the molecule is CC12C=CC(=O)C=C1CCC1C2C(=O)CC2(C)C1CC[C@]2(O)C(=O)CSc1ccc2ccccc2n1.CC12C=CC(=O)C=C1CCC1C2C(=O)CC2(C)C1CC[C@]2(O)C(=O)CSc1nc2ncccc2s1.CC12C=CC(=O)C=C1CCC1C2C(=O)CC2(C)C1CC[C@]2(O)C(=O)CSc1nccc2ccccc12. The number of thioether (sulfide) groups is 3. The Morgan fingerprint density at radius 2 is 0.907 bits per heavy atom. The fraction of sp³-hybridized carbons (Fsp3) is 0.483. The lowest BCUT2D eigenvalue weighted by Crippen LogP contribution is -2.60. The minimum absolute atomic E-state index is 0.00624. The first kappa shape index (κ1) is 73.8. The lowest BCUT2D eigenvalue weighted by Gasteiger charge is -2.56. The van der Waals surface area contributed by atoms with Crippen LogP contribution >= 0.6 is 46.6 Å². The van der Waals surface area contributed by atoms with Crippen molar-refractivity contribution in [2.75, 3.05) is 17.3 Å². The molecule has 0 radical (unpaired) electrons. The van der Waals surface area contributed by atoms with Crippen molar-refractivity contribution in [2.24, 2.45) is 85.8 Å². The topological polar surface area (TPSA) is 266 Å². The van der Waals surface area contributed by atoms with Crippen LogP contribution in [0.4, 0.5) is 0 Å². The Kier molecular flexibility index (Phi) is 18.6.